The van der Waals surface area contributed by atoms with E-state index in [0.717, 1.165) is 23.2 Å². The van der Waals surface area contributed by atoms with Crippen LogP contribution in [0.15, 0.2) is 36.7 Å². The average Bonchev–Trinajstić information content (AvgIpc) is 3.06. The number of hydrogen-bond acceptors (Lipinski definition) is 4. The number of aromatic nitrogens is 3. The summed E-state index contributed by atoms with van der Waals surface area (Å²) in [6.07, 6.45) is 4.30. The van der Waals surface area contributed by atoms with Gasteiger partial charge in [0.2, 0.25) is 0 Å². The number of ether oxygens (including phenoxy) is 1. The molecular formula is C20H23ClN4O2. The first kappa shape index (κ1) is 19.3. The van der Waals surface area contributed by atoms with Gasteiger partial charge in [-0.2, -0.15) is 5.10 Å². The van der Waals surface area contributed by atoms with E-state index >= 15 is 0 Å². The van der Waals surface area contributed by atoms with Gasteiger partial charge in [0.1, 0.15) is 0 Å². The van der Waals surface area contributed by atoms with Crippen molar-refractivity contribution in [3.8, 4) is 11.1 Å². The normalized spacial score (nSPS) is 11.3. The van der Waals surface area contributed by atoms with Crippen LogP contribution < -0.4 is 5.32 Å². The van der Waals surface area contributed by atoms with Gasteiger partial charge in [0.25, 0.3) is 5.91 Å². The summed E-state index contributed by atoms with van der Waals surface area (Å²) in [5.41, 5.74) is 3.75. The van der Waals surface area contributed by atoms with Gasteiger partial charge in [0.15, 0.2) is 5.65 Å². The molecule has 27 heavy (non-hydrogen) atoms. The first-order valence-electron chi connectivity index (χ1n) is 8.96. The molecule has 0 spiro atoms. The summed E-state index contributed by atoms with van der Waals surface area (Å²) < 4.78 is 7.16. The summed E-state index contributed by atoms with van der Waals surface area (Å²) >= 11 is 6.09. The highest BCUT2D eigenvalue weighted by Crippen LogP contribution is 2.26. The molecule has 0 aliphatic carbocycles. The van der Waals surface area contributed by atoms with Crippen LogP contribution in [0.3, 0.4) is 0 Å². The standard InChI is InChI=1S/C20H23ClN4O2/c1-13(2)27-9-5-8-22-20(26)17-11-23-19-18(12-24-25(19)14(17)3)15-6-4-7-16(21)10-15/h4,6-7,10-13H,5,8-9H2,1-3H3,(H,22,26). The zero-order chi connectivity index (χ0) is 19.4. The summed E-state index contributed by atoms with van der Waals surface area (Å²) in [6, 6.07) is 7.54. The highest BCUT2D eigenvalue weighted by Gasteiger charge is 2.16. The Labute approximate surface area is 163 Å². The van der Waals surface area contributed by atoms with Crippen LogP contribution in [0.2, 0.25) is 5.02 Å². The predicted molar refractivity (Wildman–Crippen MR) is 106 cm³/mol. The van der Waals surface area contributed by atoms with E-state index in [2.05, 4.69) is 15.4 Å². The number of nitrogens with zero attached hydrogens (tertiary/aromatic N) is 3. The third kappa shape index (κ3) is 4.46. The van der Waals surface area contributed by atoms with Crippen molar-refractivity contribution in [1.82, 2.24) is 19.9 Å². The topological polar surface area (TPSA) is 68.5 Å². The zero-order valence-corrected chi connectivity index (χ0v) is 16.5. The first-order valence-corrected chi connectivity index (χ1v) is 9.34. The van der Waals surface area contributed by atoms with Gasteiger partial charge >= 0.3 is 0 Å². The number of aryl methyl sites for hydroxylation is 1. The SMILES string of the molecule is Cc1c(C(=O)NCCCOC(C)C)cnc2c(-c3cccc(Cl)c3)cnn12. The Kier molecular flexibility index (Phi) is 6.08. The summed E-state index contributed by atoms with van der Waals surface area (Å²) in [5.74, 6) is -0.161. The van der Waals surface area contributed by atoms with Gasteiger partial charge in [-0.05, 0) is 44.9 Å². The van der Waals surface area contributed by atoms with Crippen molar-refractivity contribution in [3.63, 3.8) is 0 Å². The highest BCUT2D eigenvalue weighted by atomic mass is 35.5. The quantitative estimate of drug-likeness (QED) is 0.625. The monoisotopic (exact) mass is 386 g/mol. The molecule has 0 unspecified atom stereocenters. The lowest BCUT2D eigenvalue weighted by Gasteiger charge is -2.10. The Morgan fingerprint density at radius 1 is 1.33 bits per heavy atom. The third-order valence-electron chi connectivity index (χ3n) is 4.21. The van der Waals surface area contributed by atoms with Crippen molar-refractivity contribution < 1.29 is 9.53 Å². The minimum atomic E-state index is -0.161. The number of nitrogens with one attached hydrogen (secondary N) is 1. The molecular weight excluding hydrogens is 364 g/mol. The molecule has 7 heteroatoms. The smallest absolute Gasteiger partial charge is 0.254 e. The summed E-state index contributed by atoms with van der Waals surface area (Å²) in [7, 11) is 0. The molecule has 6 nitrogen and oxygen atoms in total. The van der Waals surface area contributed by atoms with Crippen LogP contribution in [0.25, 0.3) is 16.8 Å². The molecule has 3 rings (SSSR count). The maximum absolute atomic E-state index is 12.5. The van der Waals surface area contributed by atoms with Gasteiger partial charge in [-0.15, -0.1) is 0 Å². The number of fused-ring (bicyclic) bond motifs is 1. The molecule has 0 bridgehead atoms. The molecule has 1 amide bonds. The molecule has 2 heterocycles. The van der Waals surface area contributed by atoms with E-state index < -0.39 is 0 Å². The minimum absolute atomic E-state index is 0.161. The van der Waals surface area contributed by atoms with Crippen LogP contribution in [0, 0.1) is 6.92 Å². The van der Waals surface area contributed by atoms with E-state index in [1.165, 1.54) is 0 Å². The number of rotatable bonds is 7. The van der Waals surface area contributed by atoms with Crippen molar-refractivity contribution in [1.29, 1.82) is 0 Å². The summed E-state index contributed by atoms with van der Waals surface area (Å²) in [5, 5.41) is 7.97. The van der Waals surface area contributed by atoms with Gasteiger partial charge in [0, 0.05) is 29.9 Å². The largest absolute Gasteiger partial charge is 0.379 e. The average molecular weight is 387 g/mol. The minimum Gasteiger partial charge on any atom is -0.379 e. The molecule has 1 aromatic carbocycles. The Balaban J connectivity index is 1.77. The van der Waals surface area contributed by atoms with E-state index in [-0.39, 0.29) is 12.0 Å². The fourth-order valence-electron chi connectivity index (χ4n) is 2.82. The Hall–Kier alpha value is -2.44. The summed E-state index contributed by atoms with van der Waals surface area (Å²) in [6.45, 7) is 7.02. The summed E-state index contributed by atoms with van der Waals surface area (Å²) in [4.78, 5) is 16.9. The van der Waals surface area contributed by atoms with E-state index in [9.17, 15) is 4.79 Å². The number of carbonyl (C=O) groups excluding carboxylic acids is 1. The van der Waals surface area contributed by atoms with Crippen LogP contribution in [0.5, 0.6) is 0 Å². The molecule has 0 atom stereocenters. The van der Waals surface area contributed by atoms with Crippen molar-refractivity contribution in [2.24, 2.45) is 0 Å². The number of hydrogen-bond donors (Lipinski definition) is 1. The van der Waals surface area contributed by atoms with Crippen molar-refractivity contribution >= 4 is 23.2 Å². The zero-order valence-electron chi connectivity index (χ0n) is 15.7. The molecule has 1 N–H and O–H groups in total. The van der Waals surface area contributed by atoms with Gasteiger partial charge in [0.05, 0.1) is 23.6 Å². The molecule has 0 aliphatic rings. The Morgan fingerprint density at radius 2 is 2.15 bits per heavy atom. The lowest BCUT2D eigenvalue weighted by molar-refractivity contribution is 0.0757. The van der Waals surface area contributed by atoms with Gasteiger partial charge in [-0.25, -0.2) is 9.50 Å². The maximum atomic E-state index is 12.5. The van der Waals surface area contributed by atoms with Crippen molar-refractivity contribution in [3.05, 3.63) is 52.9 Å². The molecule has 2 aromatic heterocycles. The Bertz CT molecular complexity index is 952. The second kappa shape index (κ2) is 8.50. The number of benzene rings is 1. The number of halogens is 1. The molecule has 0 radical (unpaired) electrons. The van der Waals surface area contributed by atoms with Gasteiger partial charge in [-0.1, -0.05) is 23.7 Å². The second-order valence-electron chi connectivity index (χ2n) is 6.59. The third-order valence-corrected chi connectivity index (χ3v) is 4.44. The van der Waals surface area contributed by atoms with Gasteiger partial charge < -0.3 is 10.1 Å². The van der Waals surface area contributed by atoms with Crippen LogP contribution in [0.1, 0.15) is 36.3 Å². The highest BCUT2D eigenvalue weighted by molar-refractivity contribution is 6.30. The fourth-order valence-corrected chi connectivity index (χ4v) is 3.01. The lowest BCUT2D eigenvalue weighted by Crippen LogP contribution is -2.27. The van der Waals surface area contributed by atoms with Crippen molar-refractivity contribution in [2.45, 2.75) is 33.3 Å². The van der Waals surface area contributed by atoms with Crippen LogP contribution in [-0.4, -0.2) is 39.8 Å². The molecule has 0 saturated carbocycles. The molecule has 3 aromatic rings. The van der Waals surface area contributed by atoms with Crippen LogP contribution in [-0.2, 0) is 4.74 Å². The fraction of sp³-hybridized carbons (Fsp3) is 0.350. The maximum Gasteiger partial charge on any atom is 0.254 e. The van der Waals surface area contributed by atoms with Gasteiger partial charge in [-0.3, -0.25) is 4.79 Å². The predicted octanol–water partition coefficient (Wildman–Crippen LogP) is 3.90. The second-order valence-corrected chi connectivity index (χ2v) is 7.03. The number of amides is 1. The van der Waals surface area contributed by atoms with Crippen LogP contribution >= 0.6 is 11.6 Å². The van der Waals surface area contributed by atoms with Crippen LogP contribution in [0.4, 0.5) is 0 Å². The van der Waals surface area contributed by atoms with E-state index in [0.29, 0.717) is 29.4 Å². The van der Waals surface area contributed by atoms with E-state index in [1.54, 1.807) is 16.9 Å². The van der Waals surface area contributed by atoms with E-state index in [4.69, 9.17) is 16.3 Å². The molecule has 0 fully saturated rings. The lowest BCUT2D eigenvalue weighted by atomic mass is 10.1. The Morgan fingerprint density at radius 3 is 2.89 bits per heavy atom. The first-order chi connectivity index (χ1) is 13.0. The molecule has 0 saturated heterocycles. The molecule has 0 aliphatic heterocycles. The van der Waals surface area contributed by atoms with E-state index in [1.807, 2.05) is 45.0 Å². The number of carbonyl (C=O) groups is 1. The molecule has 142 valence electrons. The van der Waals surface area contributed by atoms with Crippen molar-refractivity contribution in [2.75, 3.05) is 13.2 Å².